The second kappa shape index (κ2) is 5.61. The van der Waals surface area contributed by atoms with E-state index in [0.29, 0.717) is 12.1 Å². The third-order valence-corrected chi connectivity index (χ3v) is 2.95. The normalized spacial score (nSPS) is 10.3. The smallest absolute Gasteiger partial charge is 0.253 e. The van der Waals surface area contributed by atoms with Crippen molar-refractivity contribution in [3.63, 3.8) is 0 Å². The molecule has 4 nitrogen and oxygen atoms in total. The Labute approximate surface area is 113 Å². The van der Waals surface area contributed by atoms with Crippen LogP contribution in [0.2, 0.25) is 0 Å². The van der Waals surface area contributed by atoms with Crippen LogP contribution in [0.4, 0.5) is 5.69 Å². The molecule has 1 N–H and O–H groups in total. The summed E-state index contributed by atoms with van der Waals surface area (Å²) in [6, 6.07) is 7.60. The van der Waals surface area contributed by atoms with E-state index in [9.17, 15) is 4.79 Å². The molecule has 4 heteroatoms. The van der Waals surface area contributed by atoms with Gasteiger partial charge in [-0.1, -0.05) is 6.07 Å². The first-order valence-corrected chi connectivity index (χ1v) is 6.15. The highest BCUT2D eigenvalue weighted by Gasteiger charge is 2.09. The van der Waals surface area contributed by atoms with E-state index in [4.69, 9.17) is 4.42 Å². The summed E-state index contributed by atoms with van der Waals surface area (Å²) in [7, 11) is 3.50. The molecule has 2 aromatic rings. The highest BCUT2D eigenvalue weighted by atomic mass is 16.3. The van der Waals surface area contributed by atoms with Gasteiger partial charge in [0.25, 0.3) is 5.91 Å². The predicted octanol–water partition coefficient (Wildman–Crippen LogP) is 2.90. The van der Waals surface area contributed by atoms with Crippen LogP contribution in [0, 0.1) is 6.92 Å². The number of anilines is 1. The molecule has 100 valence electrons. The molecule has 2 rings (SSSR count). The number of rotatable bonds is 4. The molecule has 0 aliphatic heterocycles. The Morgan fingerprint density at radius 2 is 2.11 bits per heavy atom. The Bertz CT molecular complexity index is 560. The Balaban J connectivity index is 2.15. The standard InChI is InChI=1S/C15H18N2O2/c1-11-4-5-13(15(18)17(2)3)8-14(11)16-9-12-6-7-19-10-12/h4-8,10,16H,9H2,1-3H3. The molecule has 0 saturated carbocycles. The average Bonchev–Trinajstić information content (AvgIpc) is 2.90. The van der Waals surface area contributed by atoms with Gasteiger partial charge in [0.1, 0.15) is 0 Å². The Morgan fingerprint density at radius 1 is 1.32 bits per heavy atom. The number of benzene rings is 1. The quantitative estimate of drug-likeness (QED) is 0.917. The number of amides is 1. The van der Waals surface area contributed by atoms with Gasteiger partial charge < -0.3 is 14.6 Å². The fourth-order valence-corrected chi connectivity index (χ4v) is 1.79. The maximum atomic E-state index is 11.9. The molecular weight excluding hydrogens is 240 g/mol. The van der Waals surface area contributed by atoms with Crippen LogP contribution in [-0.2, 0) is 6.54 Å². The molecule has 0 bridgehead atoms. The second-order valence-corrected chi connectivity index (χ2v) is 4.71. The first-order valence-electron chi connectivity index (χ1n) is 6.15. The number of carbonyl (C=O) groups is 1. The fraction of sp³-hybridized carbons (Fsp3) is 0.267. The molecule has 0 radical (unpaired) electrons. The summed E-state index contributed by atoms with van der Waals surface area (Å²) in [5.74, 6) is 0.00589. The van der Waals surface area contributed by atoms with Crippen LogP contribution in [0.25, 0.3) is 0 Å². The first-order chi connectivity index (χ1) is 9.08. The number of furan rings is 1. The minimum atomic E-state index is 0.00589. The van der Waals surface area contributed by atoms with E-state index in [-0.39, 0.29) is 5.91 Å². The summed E-state index contributed by atoms with van der Waals surface area (Å²) >= 11 is 0. The zero-order valence-corrected chi connectivity index (χ0v) is 11.4. The maximum Gasteiger partial charge on any atom is 0.253 e. The highest BCUT2D eigenvalue weighted by molar-refractivity contribution is 5.95. The Kier molecular flexibility index (Phi) is 3.90. The Hall–Kier alpha value is -2.23. The van der Waals surface area contributed by atoms with Crippen LogP contribution in [0.3, 0.4) is 0 Å². The van der Waals surface area contributed by atoms with Gasteiger partial charge in [-0.15, -0.1) is 0 Å². The van der Waals surface area contributed by atoms with Crippen LogP contribution in [0.15, 0.2) is 41.2 Å². The molecular formula is C15H18N2O2. The van der Waals surface area contributed by atoms with Crippen molar-refractivity contribution in [3.05, 3.63) is 53.5 Å². The zero-order chi connectivity index (χ0) is 13.8. The van der Waals surface area contributed by atoms with E-state index in [2.05, 4.69) is 5.32 Å². The monoisotopic (exact) mass is 258 g/mol. The molecule has 0 fully saturated rings. The molecule has 0 aliphatic carbocycles. The summed E-state index contributed by atoms with van der Waals surface area (Å²) in [6.45, 7) is 2.69. The molecule has 0 unspecified atom stereocenters. The lowest BCUT2D eigenvalue weighted by Crippen LogP contribution is -2.21. The van der Waals surface area contributed by atoms with Gasteiger partial charge in [-0.2, -0.15) is 0 Å². The van der Waals surface area contributed by atoms with Crippen molar-refractivity contribution in [2.24, 2.45) is 0 Å². The van der Waals surface area contributed by atoms with Crippen LogP contribution < -0.4 is 5.32 Å². The van der Waals surface area contributed by atoms with E-state index in [1.54, 1.807) is 31.5 Å². The highest BCUT2D eigenvalue weighted by Crippen LogP contribution is 2.18. The van der Waals surface area contributed by atoms with Crippen molar-refractivity contribution >= 4 is 11.6 Å². The van der Waals surface area contributed by atoms with E-state index >= 15 is 0 Å². The Morgan fingerprint density at radius 3 is 2.74 bits per heavy atom. The summed E-state index contributed by atoms with van der Waals surface area (Å²) < 4.78 is 5.03. The largest absolute Gasteiger partial charge is 0.472 e. The molecule has 0 saturated heterocycles. The van der Waals surface area contributed by atoms with E-state index in [1.807, 2.05) is 31.2 Å². The SMILES string of the molecule is Cc1ccc(C(=O)N(C)C)cc1NCc1ccoc1. The van der Waals surface area contributed by atoms with Crippen molar-refractivity contribution in [1.82, 2.24) is 4.90 Å². The lowest BCUT2D eigenvalue weighted by molar-refractivity contribution is 0.0827. The van der Waals surface area contributed by atoms with Gasteiger partial charge in [0.2, 0.25) is 0 Å². The maximum absolute atomic E-state index is 11.9. The van der Waals surface area contributed by atoms with Gasteiger partial charge in [0.05, 0.1) is 12.5 Å². The fourth-order valence-electron chi connectivity index (χ4n) is 1.79. The number of hydrogen-bond acceptors (Lipinski definition) is 3. The minimum absolute atomic E-state index is 0.00589. The van der Waals surface area contributed by atoms with Gasteiger partial charge in [-0.25, -0.2) is 0 Å². The second-order valence-electron chi connectivity index (χ2n) is 4.71. The van der Waals surface area contributed by atoms with Gasteiger partial charge in [-0.05, 0) is 30.7 Å². The average molecular weight is 258 g/mol. The first kappa shape index (κ1) is 13.2. The molecule has 1 heterocycles. The van der Waals surface area contributed by atoms with Crippen molar-refractivity contribution in [3.8, 4) is 0 Å². The van der Waals surface area contributed by atoms with E-state index in [1.165, 1.54) is 0 Å². The van der Waals surface area contributed by atoms with Crippen LogP contribution >= 0.6 is 0 Å². The number of carbonyl (C=O) groups excluding carboxylic acids is 1. The topological polar surface area (TPSA) is 45.5 Å². The van der Waals surface area contributed by atoms with Gasteiger partial charge in [0, 0.05) is 37.5 Å². The minimum Gasteiger partial charge on any atom is -0.472 e. The molecule has 1 aromatic carbocycles. The third kappa shape index (κ3) is 3.16. The van der Waals surface area contributed by atoms with Gasteiger partial charge in [0.15, 0.2) is 0 Å². The van der Waals surface area contributed by atoms with Crippen LogP contribution in [0.1, 0.15) is 21.5 Å². The molecule has 0 atom stereocenters. The van der Waals surface area contributed by atoms with Crippen LogP contribution in [-0.4, -0.2) is 24.9 Å². The number of hydrogen-bond donors (Lipinski definition) is 1. The van der Waals surface area contributed by atoms with Crippen molar-refractivity contribution in [2.45, 2.75) is 13.5 Å². The van der Waals surface area contributed by atoms with Crippen LogP contribution in [0.5, 0.6) is 0 Å². The summed E-state index contributed by atoms with van der Waals surface area (Å²) in [6.07, 6.45) is 3.35. The molecule has 1 aromatic heterocycles. The summed E-state index contributed by atoms with van der Waals surface area (Å²) in [4.78, 5) is 13.5. The van der Waals surface area contributed by atoms with E-state index < -0.39 is 0 Å². The predicted molar refractivity (Wildman–Crippen MR) is 75.2 cm³/mol. The molecule has 1 amide bonds. The van der Waals surface area contributed by atoms with Gasteiger partial charge in [-0.3, -0.25) is 4.79 Å². The number of nitrogens with zero attached hydrogens (tertiary/aromatic N) is 1. The zero-order valence-electron chi connectivity index (χ0n) is 11.4. The lowest BCUT2D eigenvalue weighted by atomic mass is 10.1. The summed E-state index contributed by atoms with van der Waals surface area (Å²) in [5, 5.41) is 3.32. The van der Waals surface area contributed by atoms with E-state index in [0.717, 1.165) is 16.8 Å². The number of nitrogens with one attached hydrogen (secondary N) is 1. The summed E-state index contributed by atoms with van der Waals surface area (Å²) in [5.41, 5.74) is 3.83. The molecule has 0 aliphatic rings. The van der Waals surface area contributed by atoms with Crippen molar-refractivity contribution in [1.29, 1.82) is 0 Å². The van der Waals surface area contributed by atoms with Crippen molar-refractivity contribution in [2.75, 3.05) is 19.4 Å². The van der Waals surface area contributed by atoms with Crippen molar-refractivity contribution < 1.29 is 9.21 Å². The lowest BCUT2D eigenvalue weighted by Gasteiger charge is -2.13. The van der Waals surface area contributed by atoms with Gasteiger partial charge >= 0.3 is 0 Å². The number of aryl methyl sites for hydroxylation is 1. The molecule has 19 heavy (non-hydrogen) atoms. The third-order valence-electron chi connectivity index (χ3n) is 2.95. The molecule has 0 spiro atoms.